The zero-order valence-electron chi connectivity index (χ0n) is 10.4. The average Bonchev–Trinajstić information content (AvgIpc) is 2.85. The van der Waals surface area contributed by atoms with Crippen LogP contribution in [0, 0.1) is 5.82 Å². The summed E-state index contributed by atoms with van der Waals surface area (Å²) in [5, 5.41) is 6.11. The van der Waals surface area contributed by atoms with Crippen molar-refractivity contribution in [3.63, 3.8) is 0 Å². The van der Waals surface area contributed by atoms with Crippen LogP contribution in [-0.4, -0.2) is 25.0 Å². The maximum Gasteiger partial charge on any atom is 0.254 e. The first kappa shape index (κ1) is 16.4. The lowest BCUT2D eigenvalue weighted by molar-refractivity contribution is 0.0948. The molecule has 1 aromatic rings. The van der Waals surface area contributed by atoms with Gasteiger partial charge in [0.1, 0.15) is 5.82 Å². The minimum absolute atomic E-state index is 0. The number of nitrogens with one attached hydrogen (secondary N) is 2. The van der Waals surface area contributed by atoms with Crippen LogP contribution in [0.2, 0.25) is 0 Å². The van der Waals surface area contributed by atoms with Gasteiger partial charge in [-0.2, -0.15) is 0 Å². The highest BCUT2D eigenvalue weighted by Crippen LogP contribution is 2.15. The first-order valence-corrected chi connectivity index (χ1v) is 6.93. The molecule has 2 rings (SSSR count). The molecule has 106 valence electrons. The number of carbonyl (C=O) groups is 1. The molecule has 0 radical (unpaired) electrons. The van der Waals surface area contributed by atoms with Crippen LogP contribution in [-0.2, 0) is 0 Å². The predicted molar refractivity (Wildman–Crippen MR) is 79.3 cm³/mol. The van der Waals surface area contributed by atoms with Crippen LogP contribution in [0.4, 0.5) is 4.39 Å². The molecule has 3 nitrogen and oxygen atoms in total. The Morgan fingerprint density at radius 3 is 3.00 bits per heavy atom. The zero-order chi connectivity index (χ0) is 13.0. The summed E-state index contributed by atoms with van der Waals surface area (Å²) in [4.78, 5) is 11.8. The minimum Gasteiger partial charge on any atom is -0.352 e. The van der Waals surface area contributed by atoms with Crippen molar-refractivity contribution < 1.29 is 9.18 Å². The van der Waals surface area contributed by atoms with E-state index in [-0.39, 0.29) is 23.9 Å². The first-order valence-electron chi connectivity index (χ1n) is 6.13. The van der Waals surface area contributed by atoms with Crippen LogP contribution < -0.4 is 10.6 Å². The molecule has 0 spiro atoms. The summed E-state index contributed by atoms with van der Waals surface area (Å²) in [5.74, 6) is -0.846. The molecule has 0 saturated carbocycles. The third kappa shape index (κ3) is 4.75. The molecule has 1 atom stereocenters. The summed E-state index contributed by atoms with van der Waals surface area (Å²) >= 11 is 3.23. The van der Waals surface area contributed by atoms with Gasteiger partial charge in [-0.1, -0.05) is 15.9 Å². The Kier molecular flexibility index (Phi) is 6.75. The van der Waals surface area contributed by atoms with Crippen LogP contribution >= 0.6 is 28.3 Å². The molecule has 1 aliphatic rings. The van der Waals surface area contributed by atoms with Crippen molar-refractivity contribution in [2.75, 3.05) is 13.1 Å². The number of hydrogen-bond donors (Lipinski definition) is 2. The second-order valence-corrected chi connectivity index (χ2v) is 5.38. The summed E-state index contributed by atoms with van der Waals surface area (Å²) in [6.07, 6.45) is 3.24. The zero-order valence-corrected chi connectivity index (χ0v) is 12.8. The fraction of sp³-hybridized carbons (Fsp3) is 0.462. The Morgan fingerprint density at radius 1 is 1.53 bits per heavy atom. The Hall–Kier alpha value is -0.650. The van der Waals surface area contributed by atoms with E-state index in [1.807, 2.05) is 0 Å². The van der Waals surface area contributed by atoms with Gasteiger partial charge in [0, 0.05) is 17.1 Å². The smallest absolute Gasteiger partial charge is 0.254 e. The largest absolute Gasteiger partial charge is 0.352 e. The molecule has 1 heterocycles. The topological polar surface area (TPSA) is 41.1 Å². The molecule has 1 saturated heterocycles. The molecular weight excluding hydrogens is 335 g/mol. The van der Waals surface area contributed by atoms with Gasteiger partial charge in [0.25, 0.3) is 5.91 Å². The van der Waals surface area contributed by atoms with Crippen LogP contribution in [0.5, 0.6) is 0 Å². The Balaban J connectivity index is 0.00000180. The molecular formula is C13H17BrClFN2O. The van der Waals surface area contributed by atoms with Gasteiger partial charge in [-0.05, 0) is 44.0 Å². The Labute approximate surface area is 126 Å². The number of halogens is 3. The highest BCUT2D eigenvalue weighted by Gasteiger charge is 2.15. The van der Waals surface area contributed by atoms with Crippen LogP contribution in [0.15, 0.2) is 22.7 Å². The summed E-state index contributed by atoms with van der Waals surface area (Å²) in [6.45, 7) is 1.63. The second kappa shape index (κ2) is 7.82. The van der Waals surface area contributed by atoms with E-state index in [2.05, 4.69) is 26.6 Å². The summed E-state index contributed by atoms with van der Waals surface area (Å²) in [7, 11) is 0. The quantitative estimate of drug-likeness (QED) is 0.876. The fourth-order valence-corrected chi connectivity index (χ4v) is 2.49. The molecule has 0 aliphatic carbocycles. The fourth-order valence-electron chi connectivity index (χ4n) is 2.13. The van der Waals surface area contributed by atoms with E-state index < -0.39 is 5.82 Å². The molecule has 19 heavy (non-hydrogen) atoms. The van der Waals surface area contributed by atoms with E-state index in [1.54, 1.807) is 6.07 Å². The van der Waals surface area contributed by atoms with Gasteiger partial charge in [-0.15, -0.1) is 12.4 Å². The molecule has 6 heteroatoms. The lowest BCUT2D eigenvalue weighted by atomic mass is 10.1. The molecule has 1 aliphatic heterocycles. The standard InChI is InChI=1S/C13H16BrFN2O.ClH/c14-9-3-4-12(15)11(8-9)13(18)17-7-5-10-2-1-6-16-10;/h3-4,8,10,16H,1-2,5-7H2,(H,17,18);1H/t10-;/m1./s1. The summed E-state index contributed by atoms with van der Waals surface area (Å²) in [6, 6.07) is 4.85. The van der Waals surface area contributed by atoms with Crippen LogP contribution in [0.25, 0.3) is 0 Å². The first-order chi connectivity index (χ1) is 8.66. The average molecular weight is 352 g/mol. The van der Waals surface area contributed by atoms with Crippen LogP contribution in [0.1, 0.15) is 29.6 Å². The van der Waals surface area contributed by atoms with Gasteiger partial charge < -0.3 is 10.6 Å². The van der Waals surface area contributed by atoms with E-state index in [9.17, 15) is 9.18 Å². The van der Waals surface area contributed by atoms with Gasteiger partial charge >= 0.3 is 0 Å². The predicted octanol–water partition coefficient (Wildman–Crippen LogP) is 2.88. The number of hydrogen-bond acceptors (Lipinski definition) is 2. The van der Waals surface area contributed by atoms with Crippen molar-refractivity contribution in [2.24, 2.45) is 0 Å². The molecule has 2 N–H and O–H groups in total. The molecule has 1 amide bonds. The van der Waals surface area contributed by atoms with Gasteiger partial charge in [-0.25, -0.2) is 4.39 Å². The SMILES string of the molecule is Cl.O=C(NCC[C@H]1CCCN1)c1cc(Br)ccc1F. The molecule has 0 unspecified atom stereocenters. The van der Waals surface area contributed by atoms with Crippen molar-refractivity contribution in [3.8, 4) is 0 Å². The Bertz CT molecular complexity index is 439. The van der Waals surface area contributed by atoms with Crippen molar-refractivity contribution in [1.29, 1.82) is 0 Å². The maximum atomic E-state index is 13.5. The normalized spacial score (nSPS) is 17.9. The number of rotatable bonds is 4. The van der Waals surface area contributed by atoms with Crippen molar-refractivity contribution >= 4 is 34.2 Å². The van der Waals surface area contributed by atoms with Crippen molar-refractivity contribution in [2.45, 2.75) is 25.3 Å². The van der Waals surface area contributed by atoms with E-state index in [0.29, 0.717) is 17.1 Å². The highest BCUT2D eigenvalue weighted by atomic mass is 79.9. The number of benzene rings is 1. The van der Waals surface area contributed by atoms with E-state index in [4.69, 9.17) is 0 Å². The van der Waals surface area contributed by atoms with Gasteiger partial charge in [0.15, 0.2) is 0 Å². The summed E-state index contributed by atoms with van der Waals surface area (Å²) in [5.41, 5.74) is 0.0868. The third-order valence-electron chi connectivity index (χ3n) is 3.11. The molecule has 1 fully saturated rings. The molecule has 0 aromatic heterocycles. The highest BCUT2D eigenvalue weighted by molar-refractivity contribution is 9.10. The lowest BCUT2D eigenvalue weighted by Gasteiger charge is -2.11. The van der Waals surface area contributed by atoms with Crippen LogP contribution in [0.3, 0.4) is 0 Å². The number of amides is 1. The van der Waals surface area contributed by atoms with Crippen molar-refractivity contribution in [3.05, 3.63) is 34.1 Å². The lowest BCUT2D eigenvalue weighted by Crippen LogP contribution is -2.31. The monoisotopic (exact) mass is 350 g/mol. The van der Waals surface area contributed by atoms with E-state index in [0.717, 1.165) is 19.4 Å². The van der Waals surface area contributed by atoms with Gasteiger partial charge in [-0.3, -0.25) is 4.79 Å². The van der Waals surface area contributed by atoms with Crippen molar-refractivity contribution in [1.82, 2.24) is 10.6 Å². The van der Waals surface area contributed by atoms with E-state index in [1.165, 1.54) is 18.6 Å². The molecule has 0 bridgehead atoms. The third-order valence-corrected chi connectivity index (χ3v) is 3.61. The second-order valence-electron chi connectivity index (χ2n) is 4.46. The summed E-state index contributed by atoms with van der Waals surface area (Å²) < 4.78 is 14.2. The van der Waals surface area contributed by atoms with Gasteiger partial charge in [0.05, 0.1) is 5.56 Å². The molecule has 1 aromatic carbocycles. The van der Waals surface area contributed by atoms with Gasteiger partial charge in [0.2, 0.25) is 0 Å². The Morgan fingerprint density at radius 2 is 2.32 bits per heavy atom. The maximum absolute atomic E-state index is 13.5. The number of carbonyl (C=O) groups excluding carboxylic acids is 1. The van der Waals surface area contributed by atoms with E-state index >= 15 is 0 Å². The minimum atomic E-state index is -0.491.